The highest BCUT2D eigenvalue weighted by Crippen LogP contribution is 2.25. The molecule has 1 saturated carbocycles. The summed E-state index contributed by atoms with van der Waals surface area (Å²) in [6.45, 7) is 2.54. The van der Waals surface area contributed by atoms with Crippen LogP contribution in [0.25, 0.3) is 0 Å². The van der Waals surface area contributed by atoms with E-state index in [4.69, 9.17) is 0 Å². The van der Waals surface area contributed by atoms with Crippen molar-refractivity contribution in [2.45, 2.75) is 57.2 Å². The van der Waals surface area contributed by atoms with E-state index in [0.717, 1.165) is 44.3 Å². The number of amides is 1. The molecule has 7 nitrogen and oxygen atoms in total. The first-order valence-corrected chi connectivity index (χ1v) is 9.91. The summed E-state index contributed by atoms with van der Waals surface area (Å²) in [5, 5.41) is 21.4. The number of aromatic hydroxyl groups is 1. The van der Waals surface area contributed by atoms with Crippen LogP contribution < -0.4 is 5.32 Å². The standard InChI is InChI=1S/C20H27N5O2/c26-19-10-4-1-6-15(19)12-24-11-5-9-17(13-24)25-14-18(22-23-25)20(27)21-16-7-2-3-8-16/h1,4,6,10,14,16-17,26H,2-3,5,7-9,11-13H2,(H,21,27). The average molecular weight is 369 g/mol. The van der Waals surface area contributed by atoms with Crippen molar-refractivity contribution in [3.63, 3.8) is 0 Å². The predicted molar refractivity (Wildman–Crippen MR) is 101 cm³/mol. The van der Waals surface area contributed by atoms with Gasteiger partial charge in [-0.2, -0.15) is 0 Å². The molecule has 7 heteroatoms. The highest BCUT2D eigenvalue weighted by atomic mass is 16.3. The summed E-state index contributed by atoms with van der Waals surface area (Å²) in [5.74, 6) is 0.223. The first kappa shape index (κ1) is 18.0. The van der Waals surface area contributed by atoms with E-state index in [2.05, 4.69) is 20.5 Å². The normalized spacial score (nSPS) is 21.4. The molecule has 2 fully saturated rings. The number of benzene rings is 1. The highest BCUT2D eigenvalue weighted by molar-refractivity contribution is 5.92. The molecule has 0 bridgehead atoms. The van der Waals surface area contributed by atoms with Crippen LogP contribution in [0.4, 0.5) is 0 Å². The van der Waals surface area contributed by atoms with Crippen molar-refractivity contribution in [2.75, 3.05) is 13.1 Å². The highest BCUT2D eigenvalue weighted by Gasteiger charge is 2.25. The van der Waals surface area contributed by atoms with Gasteiger partial charge in [-0.05, 0) is 38.3 Å². The van der Waals surface area contributed by atoms with E-state index in [0.29, 0.717) is 18.0 Å². The summed E-state index contributed by atoms with van der Waals surface area (Å²) in [5.41, 5.74) is 1.34. The number of nitrogens with zero attached hydrogens (tertiary/aromatic N) is 4. The summed E-state index contributed by atoms with van der Waals surface area (Å²) in [6, 6.07) is 7.95. The van der Waals surface area contributed by atoms with E-state index in [1.54, 1.807) is 12.3 Å². The van der Waals surface area contributed by atoms with Gasteiger partial charge in [-0.15, -0.1) is 5.10 Å². The van der Waals surface area contributed by atoms with Crippen molar-refractivity contribution < 1.29 is 9.90 Å². The van der Waals surface area contributed by atoms with Crippen LogP contribution >= 0.6 is 0 Å². The van der Waals surface area contributed by atoms with Crippen LogP contribution in [0.15, 0.2) is 30.5 Å². The number of para-hydroxylation sites is 1. The Kier molecular flexibility index (Phi) is 5.38. The van der Waals surface area contributed by atoms with Crippen LogP contribution in [0.5, 0.6) is 5.75 Å². The second kappa shape index (κ2) is 8.08. The zero-order valence-electron chi connectivity index (χ0n) is 15.5. The number of phenols is 1. The molecule has 1 aromatic carbocycles. The molecule has 1 unspecified atom stereocenters. The molecule has 27 heavy (non-hydrogen) atoms. The number of carbonyl (C=O) groups excluding carboxylic acids is 1. The molecule has 2 N–H and O–H groups in total. The monoisotopic (exact) mass is 369 g/mol. The van der Waals surface area contributed by atoms with Gasteiger partial charge in [0.2, 0.25) is 0 Å². The Bertz CT molecular complexity index is 784. The van der Waals surface area contributed by atoms with Crippen molar-refractivity contribution in [2.24, 2.45) is 0 Å². The number of likely N-dealkylation sites (tertiary alicyclic amines) is 1. The van der Waals surface area contributed by atoms with E-state index >= 15 is 0 Å². The van der Waals surface area contributed by atoms with Gasteiger partial charge in [-0.25, -0.2) is 4.68 Å². The average Bonchev–Trinajstić information content (AvgIpc) is 3.36. The number of hydrogen-bond acceptors (Lipinski definition) is 5. The van der Waals surface area contributed by atoms with Gasteiger partial charge >= 0.3 is 0 Å². The molecule has 1 aliphatic heterocycles. The lowest BCUT2D eigenvalue weighted by atomic mass is 10.0. The SMILES string of the molecule is O=C(NC1CCCC1)c1cn(C2CCCN(Cc3ccccc3O)C2)nn1. The van der Waals surface area contributed by atoms with Crippen LogP contribution in [-0.4, -0.2) is 50.0 Å². The number of carbonyl (C=O) groups is 1. The molecule has 1 amide bonds. The number of piperidine rings is 1. The first-order valence-electron chi connectivity index (χ1n) is 9.91. The number of nitrogens with one attached hydrogen (secondary N) is 1. The van der Waals surface area contributed by atoms with Crippen LogP contribution in [0.1, 0.15) is 60.6 Å². The molecule has 2 aromatic rings. The molecule has 1 atom stereocenters. The smallest absolute Gasteiger partial charge is 0.273 e. The van der Waals surface area contributed by atoms with E-state index < -0.39 is 0 Å². The first-order chi connectivity index (χ1) is 13.2. The molecule has 1 aliphatic carbocycles. The maximum Gasteiger partial charge on any atom is 0.273 e. The van der Waals surface area contributed by atoms with E-state index in [-0.39, 0.29) is 18.0 Å². The topological polar surface area (TPSA) is 83.3 Å². The molecular formula is C20H27N5O2. The minimum atomic E-state index is -0.116. The van der Waals surface area contributed by atoms with Crippen LogP contribution in [0, 0.1) is 0 Å². The van der Waals surface area contributed by atoms with Gasteiger partial charge < -0.3 is 10.4 Å². The molecule has 4 rings (SSSR count). The molecule has 144 valence electrons. The Hall–Kier alpha value is -2.41. The Morgan fingerprint density at radius 2 is 2.00 bits per heavy atom. The number of aromatic nitrogens is 3. The lowest BCUT2D eigenvalue weighted by Crippen LogP contribution is -2.36. The third kappa shape index (κ3) is 4.30. The summed E-state index contributed by atoms with van der Waals surface area (Å²) in [6.07, 6.45) is 8.34. The fraction of sp³-hybridized carbons (Fsp3) is 0.550. The van der Waals surface area contributed by atoms with Gasteiger partial charge in [0.25, 0.3) is 5.91 Å². The lowest BCUT2D eigenvalue weighted by Gasteiger charge is -2.32. The Labute approximate surface area is 159 Å². The third-order valence-corrected chi connectivity index (χ3v) is 5.67. The number of rotatable bonds is 5. The Balaban J connectivity index is 1.37. The van der Waals surface area contributed by atoms with Crippen molar-refractivity contribution in [1.29, 1.82) is 0 Å². The lowest BCUT2D eigenvalue weighted by molar-refractivity contribution is 0.0932. The van der Waals surface area contributed by atoms with Crippen LogP contribution in [0.2, 0.25) is 0 Å². The molecule has 1 saturated heterocycles. The van der Waals surface area contributed by atoms with E-state index in [9.17, 15) is 9.90 Å². The number of hydrogen-bond donors (Lipinski definition) is 2. The van der Waals surface area contributed by atoms with Crippen molar-refractivity contribution in [1.82, 2.24) is 25.2 Å². The number of phenolic OH excluding ortho intramolecular Hbond substituents is 1. The summed E-state index contributed by atoms with van der Waals surface area (Å²) < 4.78 is 1.83. The maximum atomic E-state index is 12.4. The maximum absolute atomic E-state index is 12.4. The van der Waals surface area contributed by atoms with E-state index in [1.807, 2.05) is 22.9 Å². The summed E-state index contributed by atoms with van der Waals surface area (Å²) in [4.78, 5) is 14.7. The summed E-state index contributed by atoms with van der Waals surface area (Å²) >= 11 is 0. The molecule has 0 radical (unpaired) electrons. The van der Waals surface area contributed by atoms with Crippen molar-refractivity contribution in [3.05, 3.63) is 41.7 Å². The van der Waals surface area contributed by atoms with Gasteiger partial charge in [-0.1, -0.05) is 36.3 Å². The zero-order chi connectivity index (χ0) is 18.6. The molecule has 1 aromatic heterocycles. The molecular weight excluding hydrogens is 342 g/mol. The second-order valence-electron chi connectivity index (χ2n) is 7.70. The fourth-order valence-corrected chi connectivity index (χ4v) is 4.16. The van der Waals surface area contributed by atoms with Crippen molar-refractivity contribution >= 4 is 5.91 Å². The van der Waals surface area contributed by atoms with Gasteiger partial charge in [0, 0.05) is 24.7 Å². The van der Waals surface area contributed by atoms with Crippen molar-refractivity contribution in [3.8, 4) is 5.75 Å². The van der Waals surface area contributed by atoms with Crippen LogP contribution in [-0.2, 0) is 6.54 Å². The second-order valence-corrected chi connectivity index (χ2v) is 7.70. The minimum absolute atomic E-state index is 0.116. The fourth-order valence-electron chi connectivity index (χ4n) is 4.16. The Morgan fingerprint density at radius 1 is 1.19 bits per heavy atom. The zero-order valence-corrected chi connectivity index (χ0v) is 15.5. The molecule has 0 spiro atoms. The Morgan fingerprint density at radius 3 is 2.81 bits per heavy atom. The quantitative estimate of drug-likeness (QED) is 0.846. The van der Waals surface area contributed by atoms with Gasteiger partial charge in [0.15, 0.2) is 5.69 Å². The van der Waals surface area contributed by atoms with Gasteiger partial charge in [0.1, 0.15) is 5.75 Å². The molecule has 2 heterocycles. The molecule has 2 aliphatic rings. The van der Waals surface area contributed by atoms with Gasteiger partial charge in [-0.3, -0.25) is 9.69 Å². The van der Waals surface area contributed by atoms with E-state index in [1.165, 1.54) is 12.8 Å². The van der Waals surface area contributed by atoms with Crippen LogP contribution in [0.3, 0.4) is 0 Å². The summed E-state index contributed by atoms with van der Waals surface area (Å²) in [7, 11) is 0. The third-order valence-electron chi connectivity index (χ3n) is 5.67. The van der Waals surface area contributed by atoms with Gasteiger partial charge in [0.05, 0.1) is 12.2 Å². The predicted octanol–water partition coefficient (Wildman–Crippen LogP) is 2.49. The largest absolute Gasteiger partial charge is 0.508 e. The minimum Gasteiger partial charge on any atom is -0.508 e.